The van der Waals surface area contributed by atoms with E-state index in [9.17, 15) is 9.90 Å². The summed E-state index contributed by atoms with van der Waals surface area (Å²) in [6, 6.07) is 7.11. The summed E-state index contributed by atoms with van der Waals surface area (Å²) in [5.74, 6) is -0.428. The quantitative estimate of drug-likeness (QED) is 0.715. The standard InChI is InChI=1S/C13H20N2O2/c1-9(13(2,3)17)15-8-10-5-4-6-11(7-10)12(14)16/h4-7,9,15,17H,8H2,1-3H3,(H2,14,16). The maximum absolute atomic E-state index is 11.0. The number of aliphatic hydroxyl groups is 1. The Morgan fingerprint density at radius 2 is 2.18 bits per heavy atom. The lowest BCUT2D eigenvalue weighted by molar-refractivity contribution is 0.0437. The molecule has 0 spiro atoms. The van der Waals surface area contributed by atoms with Crippen molar-refractivity contribution in [1.29, 1.82) is 0 Å². The summed E-state index contributed by atoms with van der Waals surface area (Å²) in [7, 11) is 0. The predicted molar refractivity (Wildman–Crippen MR) is 67.6 cm³/mol. The van der Waals surface area contributed by atoms with Crippen molar-refractivity contribution >= 4 is 5.91 Å². The Bertz CT molecular complexity index is 397. The first-order chi connectivity index (χ1) is 7.80. The molecule has 0 aliphatic heterocycles. The molecule has 94 valence electrons. The van der Waals surface area contributed by atoms with E-state index in [2.05, 4.69) is 5.32 Å². The van der Waals surface area contributed by atoms with E-state index in [1.54, 1.807) is 32.0 Å². The lowest BCUT2D eigenvalue weighted by Gasteiger charge is -2.26. The van der Waals surface area contributed by atoms with E-state index >= 15 is 0 Å². The van der Waals surface area contributed by atoms with Crippen molar-refractivity contribution in [1.82, 2.24) is 5.32 Å². The van der Waals surface area contributed by atoms with Crippen molar-refractivity contribution in [2.24, 2.45) is 5.73 Å². The number of primary amides is 1. The average molecular weight is 236 g/mol. The summed E-state index contributed by atoms with van der Waals surface area (Å²) in [5.41, 5.74) is 5.90. The number of hydrogen-bond donors (Lipinski definition) is 3. The topological polar surface area (TPSA) is 75.3 Å². The number of rotatable bonds is 5. The van der Waals surface area contributed by atoms with E-state index in [4.69, 9.17) is 5.73 Å². The van der Waals surface area contributed by atoms with Crippen LogP contribution in [-0.2, 0) is 6.54 Å². The van der Waals surface area contributed by atoms with E-state index in [0.717, 1.165) is 5.56 Å². The van der Waals surface area contributed by atoms with Crippen LogP contribution in [0.2, 0.25) is 0 Å². The molecule has 17 heavy (non-hydrogen) atoms. The molecular weight excluding hydrogens is 216 g/mol. The summed E-state index contributed by atoms with van der Waals surface area (Å²) < 4.78 is 0. The number of nitrogens with two attached hydrogens (primary N) is 1. The van der Waals surface area contributed by atoms with Crippen LogP contribution in [0.1, 0.15) is 36.7 Å². The zero-order valence-electron chi connectivity index (χ0n) is 10.5. The van der Waals surface area contributed by atoms with Crippen LogP contribution in [-0.4, -0.2) is 22.7 Å². The maximum atomic E-state index is 11.0. The van der Waals surface area contributed by atoms with Crippen molar-refractivity contribution in [3.05, 3.63) is 35.4 Å². The fraction of sp³-hybridized carbons (Fsp3) is 0.462. The number of benzene rings is 1. The number of amides is 1. The third-order valence-corrected chi connectivity index (χ3v) is 2.88. The number of carbonyl (C=O) groups is 1. The molecule has 0 aliphatic carbocycles. The van der Waals surface area contributed by atoms with Crippen LogP contribution in [0.5, 0.6) is 0 Å². The van der Waals surface area contributed by atoms with E-state index in [0.29, 0.717) is 12.1 Å². The highest BCUT2D eigenvalue weighted by Crippen LogP contribution is 2.10. The molecule has 0 bridgehead atoms. The van der Waals surface area contributed by atoms with E-state index in [-0.39, 0.29) is 6.04 Å². The van der Waals surface area contributed by atoms with Crippen molar-refractivity contribution in [2.75, 3.05) is 0 Å². The third kappa shape index (κ3) is 4.17. The third-order valence-electron chi connectivity index (χ3n) is 2.88. The van der Waals surface area contributed by atoms with E-state index < -0.39 is 11.5 Å². The maximum Gasteiger partial charge on any atom is 0.248 e. The minimum Gasteiger partial charge on any atom is -0.389 e. The van der Waals surface area contributed by atoms with Gasteiger partial charge in [-0.3, -0.25) is 4.79 Å². The van der Waals surface area contributed by atoms with Gasteiger partial charge < -0.3 is 16.2 Å². The number of hydrogen-bond acceptors (Lipinski definition) is 3. The Hall–Kier alpha value is -1.39. The average Bonchev–Trinajstić information content (AvgIpc) is 2.25. The SMILES string of the molecule is CC(NCc1cccc(C(N)=O)c1)C(C)(C)O. The largest absolute Gasteiger partial charge is 0.389 e. The molecule has 1 aromatic carbocycles. The van der Waals surface area contributed by atoms with Gasteiger partial charge in [0.1, 0.15) is 0 Å². The Kier molecular flexibility index (Phi) is 4.26. The van der Waals surface area contributed by atoms with Gasteiger partial charge in [-0.05, 0) is 38.5 Å². The van der Waals surface area contributed by atoms with Gasteiger partial charge in [0.15, 0.2) is 0 Å². The van der Waals surface area contributed by atoms with Crippen LogP contribution >= 0.6 is 0 Å². The fourth-order valence-electron chi connectivity index (χ4n) is 1.36. The number of nitrogens with one attached hydrogen (secondary N) is 1. The molecule has 0 fully saturated rings. The first-order valence-corrected chi connectivity index (χ1v) is 5.65. The van der Waals surface area contributed by atoms with Crippen molar-refractivity contribution in [3.8, 4) is 0 Å². The normalized spacial score (nSPS) is 13.4. The van der Waals surface area contributed by atoms with Gasteiger partial charge in [0.25, 0.3) is 0 Å². The Balaban J connectivity index is 2.64. The van der Waals surface area contributed by atoms with Gasteiger partial charge in [-0.15, -0.1) is 0 Å². The molecule has 0 aromatic heterocycles. The van der Waals surface area contributed by atoms with Gasteiger partial charge in [0.2, 0.25) is 5.91 Å². The van der Waals surface area contributed by atoms with Gasteiger partial charge in [-0.1, -0.05) is 12.1 Å². The highest BCUT2D eigenvalue weighted by Gasteiger charge is 2.21. The van der Waals surface area contributed by atoms with Gasteiger partial charge >= 0.3 is 0 Å². The Morgan fingerprint density at radius 3 is 2.71 bits per heavy atom. The van der Waals surface area contributed by atoms with Crippen LogP contribution in [0.25, 0.3) is 0 Å². The summed E-state index contributed by atoms with van der Waals surface area (Å²) in [5, 5.41) is 13.0. The summed E-state index contributed by atoms with van der Waals surface area (Å²) in [6.07, 6.45) is 0. The minimum absolute atomic E-state index is 0.0419. The summed E-state index contributed by atoms with van der Waals surface area (Å²) in [4.78, 5) is 11.0. The van der Waals surface area contributed by atoms with Gasteiger partial charge in [0, 0.05) is 18.2 Å². The Labute approximate surface area is 102 Å². The van der Waals surface area contributed by atoms with Gasteiger partial charge in [0.05, 0.1) is 5.60 Å². The van der Waals surface area contributed by atoms with Crippen LogP contribution in [0.4, 0.5) is 0 Å². The first kappa shape index (κ1) is 13.7. The van der Waals surface area contributed by atoms with Crippen molar-refractivity contribution in [2.45, 2.75) is 39.0 Å². The minimum atomic E-state index is -0.776. The predicted octanol–water partition coefficient (Wildman–Crippen LogP) is 1.03. The molecule has 0 radical (unpaired) electrons. The molecule has 0 aliphatic rings. The first-order valence-electron chi connectivity index (χ1n) is 5.65. The second-order valence-corrected chi connectivity index (χ2v) is 4.82. The molecule has 0 saturated heterocycles. The molecule has 4 heteroatoms. The van der Waals surface area contributed by atoms with Crippen molar-refractivity contribution in [3.63, 3.8) is 0 Å². The van der Waals surface area contributed by atoms with Crippen molar-refractivity contribution < 1.29 is 9.90 Å². The molecule has 0 heterocycles. The molecular formula is C13H20N2O2. The summed E-state index contributed by atoms with van der Waals surface area (Å²) in [6.45, 7) is 6.01. The van der Waals surface area contributed by atoms with Crippen LogP contribution < -0.4 is 11.1 Å². The fourth-order valence-corrected chi connectivity index (χ4v) is 1.36. The lowest BCUT2D eigenvalue weighted by atomic mass is 10.0. The van der Waals surface area contributed by atoms with Crippen LogP contribution in [0.3, 0.4) is 0 Å². The van der Waals surface area contributed by atoms with Crippen LogP contribution in [0.15, 0.2) is 24.3 Å². The number of carbonyl (C=O) groups excluding carboxylic acids is 1. The Morgan fingerprint density at radius 1 is 1.53 bits per heavy atom. The summed E-state index contributed by atoms with van der Waals surface area (Å²) >= 11 is 0. The molecule has 4 nitrogen and oxygen atoms in total. The highest BCUT2D eigenvalue weighted by atomic mass is 16.3. The van der Waals surface area contributed by atoms with E-state index in [1.165, 1.54) is 0 Å². The lowest BCUT2D eigenvalue weighted by Crippen LogP contribution is -2.44. The second-order valence-electron chi connectivity index (χ2n) is 4.82. The second kappa shape index (κ2) is 5.29. The van der Waals surface area contributed by atoms with Gasteiger partial charge in [-0.25, -0.2) is 0 Å². The molecule has 1 rings (SSSR count). The molecule has 1 aromatic rings. The zero-order chi connectivity index (χ0) is 13.1. The molecule has 1 amide bonds. The molecule has 4 N–H and O–H groups in total. The molecule has 1 unspecified atom stereocenters. The zero-order valence-corrected chi connectivity index (χ0v) is 10.5. The smallest absolute Gasteiger partial charge is 0.248 e. The van der Waals surface area contributed by atoms with E-state index in [1.807, 2.05) is 13.0 Å². The highest BCUT2D eigenvalue weighted by molar-refractivity contribution is 5.92. The molecule has 1 atom stereocenters. The molecule has 0 saturated carbocycles. The van der Waals surface area contributed by atoms with Crippen LogP contribution in [0, 0.1) is 0 Å². The van der Waals surface area contributed by atoms with Gasteiger partial charge in [-0.2, -0.15) is 0 Å². The monoisotopic (exact) mass is 236 g/mol.